The van der Waals surface area contributed by atoms with Crippen LogP contribution in [0.2, 0.25) is 0 Å². The molecule has 130 valence electrons. The Morgan fingerprint density at radius 1 is 1.40 bits per heavy atom. The van der Waals surface area contributed by atoms with Crippen molar-refractivity contribution in [2.24, 2.45) is 0 Å². The van der Waals surface area contributed by atoms with Crippen molar-refractivity contribution in [3.63, 3.8) is 0 Å². The van der Waals surface area contributed by atoms with Crippen LogP contribution in [0.3, 0.4) is 0 Å². The predicted molar refractivity (Wildman–Crippen MR) is 93.7 cm³/mol. The first-order valence-electron chi connectivity index (χ1n) is 8.39. The smallest absolute Gasteiger partial charge is 0.219 e. The molecule has 7 heteroatoms. The summed E-state index contributed by atoms with van der Waals surface area (Å²) in [6.45, 7) is 6.27. The monoisotopic (exact) mass is 340 g/mol. The van der Waals surface area contributed by atoms with Crippen LogP contribution in [0.4, 0.5) is 0 Å². The Kier molecular flexibility index (Phi) is 4.72. The number of hydrogen-bond donors (Lipinski definition) is 3. The first-order chi connectivity index (χ1) is 12.0. The van der Waals surface area contributed by atoms with Gasteiger partial charge in [-0.2, -0.15) is 5.26 Å². The van der Waals surface area contributed by atoms with E-state index in [9.17, 15) is 15.2 Å². The molecule has 7 nitrogen and oxygen atoms in total. The quantitative estimate of drug-likeness (QED) is 0.559. The third-order valence-corrected chi connectivity index (χ3v) is 4.87. The number of nitrogens with one attached hydrogen (secondary N) is 2. The Labute approximate surface area is 146 Å². The molecule has 1 fully saturated rings. The van der Waals surface area contributed by atoms with Gasteiger partial charge in [-0.15, -0.1) is 0 Å². The van der Waals surface area contributed by atoms with E-state index in [4.69, 9.17) is 0 Å². The Morgan fingerprint density at radius 2 is 2.08 bits per heavy atom. The molecular formula is C18H22N5O2+. The number of aromatic amines is 1. The molecule has 1 aliphatic heterocycles. The van der Waals surface area contributed by atoms with Gasteiger partial charge >= 0.3 is 0 Å². The number of quaternary nitrogens is 1. The van der Waals surface area contributed by atoms with Crippen molar-refractivity contribution in [3.8, 4) is 6.07 Å². The van der Waals surface area contributed by atoms with Crippen molar-refractivity contribution in [1.82, 2.24) is 14.9 Å². The van der Waals surface area contributed by atoms with E-state index >= 15 is 0 Å². The van der Waals surface area contributed by atoms with Gasteiger partial charge in [0.2, 0.25) is 5.91 Å². The summed E-state index contributed by atoms with van der Waals surface area (Å²) in [5.74, 6) is 0.495. The van der Waals surface area contributed by atoms with Crippen LogP contribution in [-0.2, 0) is 4.79 Å². The summed E-state index contributed by atoms with van der Waals surface area (Å²) in [7, 11) is 0. The van der Waals surface area contributed by atoms with E-state index in [1.807, 2.05) is 31.2 Å². The lowest BCUT2D eigenvalue weighted by molar-refractivity contribution is -0.923. The summed E-state index contributed by atoms with van der Waals surface area (Å²) in [6, 6.07) is 9.35. The maximum atomic E-state index is 11.4. The number of H-pyrrole nitrogens is 1. The second-order valence-corrected chi connectivity index (χ2v) is 6.36. The number of aromatic nitrogens is 2. The third kappa shape index (κ3) is 3.35. The first-order valence-corrected chi connectivity index (χ1v) is 8.39. The highest BCUT2D eigenvalue weighted by Crippen LogP contribution is 2.19. The Hall–Kier alpha value is -2.85. The van der Waals surface area contributed by atoms with E-state index in [1.165, 1.54) is 0 Å². The van der Waals surface area contributed by atoms with Crippen LogP contribution in [0, 0.1) is 11.3 Å². The molecule has 1 atom stereocenters. The lowest BCUT2D eigenvalue weighted by atomic mass is 10.1. The molecule has 1 amide bonds. The number of benzene rings is 1. The second-order valence-electron chi connectivity index (χ2n) is 6.36. The van der Waals surface area contributed by atoms with Crippen LogP contribution in [0.25, 0.3) is 16.6 Å². The van der Waals surface area contributed by atoms with Crippen LogP contribution in [0.15, 0.2) is 30.0 Å². The van der Waals surface area contributed by atoms with E-state index in [1.54, 1.807) is 11.8 Å². The fourth-order valence-corrected chi connectivity index (χ4v) is 3.25. The third-order valence-electron chi connectivity index (χ3n) is 4.87. The fourth-order valence-electron chi connectivity index (χ4n) is 3.25. The van der Waals surface area contributed by atoms with Gasteiger partial charge in [-0.05, 0) is 19.1 Å². The molecule has 0 saturated carbocycles. The van der Waals surface area contributed by atoms with Crippen LogP contribution in [0.5, 0.6) is 0 Å². The number of allylic oxidation sites excluding steroid dienone is 1. The van der Waals surface area contributed by atoms with Gasteiger partial charge in [-0.3, -0.25) is 4.79 Å². The largest absolute Gasteiger partial charge is 0.505 e. The average Bonchev–Trinajstić information content (AvgIpc) is 3.05. The number of amides is 1. The number of piperazine rings is 1. The Balaban J connectivity index is 1.84. The predicted octanol–water partition coefficient (Wildman–Crippen LogP) is 0.491. The van der Waals surface area contributed by atoms with Crippen LogP contribution >= 0.6 is 0 Å². The van der Waals surface area contributed by atoms with E-state index in [0.717, 1.165) is 29.0 Å². The molecule has 1 aromatic heterocycles. The molecule has 2 heterocycles. The van der Waals surface area contributed by atoms with E-state index < -0.39 is 0 Å². The number of imidazole rings is 1. The highest BCUT2D eigenvalue weighted by molar-refractivity contribution is 5.82. The maximum absolute atomic E-state index is 11.4. The minimum atomic E-state index is -0.239. The van der Waals surface area contributed by atoms with Gasteiger partial charge in [0.05, 0.1) is 37.2 Å². The molecule has 0 aliphatic carbocycles. The molecule has 0 radical (unpaired) electrons. The summed E-state index contributed by atoms with van der Waals surface area (Å²) in [5.41, 5.74) is 1.76. The number of carbonyl (C=O) groups is 1. The van der Waals surface area contributed by atoms with Gasteiger partial charge in [-0.25, -0.2) is 4.98 Å². The highest BCUT2D eigenvalue weighted by atomic mass is 16.3. The van der Waals surface area contributed by atoms with Crippen molar-refractivity contribution in [2.45, 2.75) is 19.9 Å². The van der Waals surface area contributed by atoms with Gasteiger partial charge in [-0.1, -0.05) is 12.1 Å². The van der Waals surface area contributed by atoms with Gasteiger partial charge in [0.1, 0.15) is 17.7 Å². The van der Waals surface area contributed by atoms with Crippen molar-refractivity contribution < 1.29 is 14.8 Å². The van der Waals surface area contributed by atoms with Crippen LogP contribution in [-0.4, -0.2) is 58.1 Å². The van der Waals surface area contributed by atoms with Crippen molar-refractivity contribution in [1.29, 1.82) is 5.26 Å². The Bertz CT molecular complexity index is 823. The van der Waals surface area contributed by atoms with Crippen molar-refractivity contribution >= 4 is 22.5 Å². The molecule has 1 aliphatic rings. The fraction of sp³-hybridized carbons (Fsp3) is 0.389. The van der Waals surface area contributed by atoms with Gasteiger partial charge < -0.3 is 19.9 Å². The minimum Gasteiger partial charge on any atom is -0.505 e. The maximum Gasteiger partial charge on any atom is 0.219 e. The number of aliphatic hydroxyl groups is 1. The highest BCUT2D eigenvalue weighted by Gasteiger charge is 2.30. The summed E-state index contributed by atoms with van der Waals surface area (Å²) >= 11 is 0. The molecule has 0 unspecified atom stereocenters. The molecule has 3 N–H and O–H groups in total. The number of nitrogens with zero attached hydrogens (tertiary/aromatic N) is 3. The Morgan fingerprint density at radius 3 is 2.68 bits per heavy atom. The zero-order chi connectivity index (χ0) is 18.0. The van der Waals surface area contributed by atoms with Gasteiger partial charge in [0.15, 0.2) is 11.6 Å². The zero-order valence-corrected chi connectivity index (χ0v) is 14.4. The number of nitriles is 1. The molecule has 25 heavy (non-hydrogen) atoms. The number of fused-ring (bicyclic) bond motifs is 1. The molecule has 1 aromatic carbocycles. The van der Waals surface area contributed by atoms with Gasteiger partial charge in [0.25, 0.3) is 0 Å². The topological polar surface area (TPSA) is 97.5 Å². The second kappa shape index (κ2) is 6.95. The molecule has 1 saturated heterocycles. The molecule has 2 aromatic rings. The number of carbonyl (C=O) groups excluding carboxylic acids is 1. The molecular weight excluding hydrogens is 318 g/mol. The minimum absolute atomic E-state index is 0.0350. The molecule has 3 rings (SSSR count). The summed E-state index contributed by atoms with van der Waals surface area (Å²) in [6.07, 6.45) is 0. The summed E-state index contributed by atoms with van der Waals surface area (Å²) in [4.78, 5) is 21.9. The van der Waals surface area contributed by atoms with Crippen molar-refractivity contribution in [2.75, 3.05) is 26.2 Å². The average molecular weight is 340 g/mol. The van der Waals surface area contributed by atoms with Crippen LogP contribution in [0.1, 0.15) is 19.7 Å². The first kappa shape index (κ1) is 17.0. The summed E-state index contributed by atoms with van der Waals surface area (Å²) in [5, 5.41) is 20.2. The lowest BCUT2D eigenvalue weighted by Gasteiger charge is -2.34. The SMILES string of the molecule is CC(=O)N1CC[NH+]([C@@H](C)/C(O)=C(\C#N)c2nc3ccccc3[nH]2)CC1. The van der Waals surface area contributed by atoms with Crippen molar-refractivity contribution in [3.05, 3.63) is 35.8 Å². The number of rotatable bonds is 3. The van der Waals surface area contributed by atoms with Crippen LogP contribution < -0.4 is 4.90 Å². The number of aliphatic hydroxyl groups excluding tert-OH is 1. The van der Waals surface area contributed by atoms with E-state index in [-0.39, 0.29) is 23.3 Å². The molecule has 0 bridgehead atoms. The van der Waals surface area contributed by atoms with Gasteiger partial charge in [0, 0.05) is 6.92 Å². The summed E-state index contributed by atoms with van der Waals surface area (Å²) < 4.78 is 0. The van der Waals surface area contributed by atoms with E-state index in [2.05, 4.69) is 16.0 Å². The molecule has 0 spiro atoms. The normalized spacial score (nSPS) is 17.9. The standard InChI is InChI=1S/C18H21N5O2/c1-12(22-7-9-23(10-8-22)13(2)24)17(25)14(11-19)18-20-15-5-3-4-6-16(15)21-18/h3-6,12,25H,7-10H2,1-2H3,(H,20,21)/p+1/b17-14-/t12-/m0/s1. The number of hydrogen-bond acceptors (Lipinski definition) is 4. The van der Waals surface area contributed by atoms with E-state index in [0.29, 0.717) is 18.9 Å². The zero-order valence-electron chi connectivity index (χ0n) is 14.4. The number of para-hydroxylation sites is 2. The lowest BCUT2D eigenvalue weighted by Crippen LogP contribution is -3.18.